The molecule has 0 aliphatic carbocycles. The second kappa shape index (κ2) is 5.48. The van der Waals surface area contributed by atoms with Crippen molar-refractivity contribution in [3.8, 4) is 11.4 Å². The van der Waals surface area contributed by atoms with Crippen LogP contribution in [0.3, 0.4) is 0 Å². The average Bonchev–Trinajstić information content (AvgIpc) is 3.11. The number of hydrogen-bond acceptors (Lipinski definition) is 3. The first-order valence-corrected chi connectivity index (χ1v) is 6.31. The Hall–Kier alpha value is -2.43. The lowest BCUT2D eigenvalue weighted by atomic mass is 10.2. The SMILES string of the molecule is c1cc(-c2nccn2CCCn2ccnc2)ccn1. The van der Waals surface area contributed by atoms with Gasteiger partial charge >= 0.3 is 0 Å². The number of nitrogens with zero attached hydrogens (tertiary/aromatic N) is 5. The maximum absolute atomic E-state index is 4.42. The monoisotopic (exact) mass is 253 g/mol. The molecule has 0 amide bonds. The Morgan fingerprint density at radius 1 is 0.895 bits per heavy atom. The molecule has 0 bridgehead atoms. The second-order valence-electron chi connectivity index (χ2n) is 4.33. The van der Waals surface area contributed by atoms with Gasteiger partial charge in [0.1, 0.15) is 5.82 Å². The van der Waals surface area contributed by atoms with E-state index in [-0.39, 0.29) is 0 Å². The van der Waals surface area contributed by atoms with Gasteiger partial charge in [-0.25, -0.2) is 9.97 Å². The largest absolute Gasteiger partial charge is 0.337 e. The van der Waals surface area contributed by atoms with Crippen LogP contribution in [0.1, 0.15) is 6.42 Å². The van der Waals surface area contributed by atoms with Gasteiger partial charge in [0, 0.05) is 55.8 Å². The molecule has 0 aliphatic heterocycles. The molecule has 3 heterocycles. The summed E-state index contributed by atoms with van der Waals surface area (Å²) >= 11 is 0. The molecule has 0 aromatic carbocycles. The number of aryl methyl sites for hydroxylation is 2. The Labute approximate surface area is 111 Å². The van der Waals surface area contributed by atoms with E-state index < -0.39 is 0 Å². The Kier molecular flexibility index (Phi) is 3.36. The lowest BCUT2D eigenvalue weighted by molar-refractivity contribution is 0.566. The van der Waals surface area contributed by atoms with Crippen molar-refractivity contribution in [2.75, 3.05) is 0 Å². The van der Waals surface area contributed by atoms with E-state index in [0.717, 1.165) is 30.9 Å². The van der Waals surface area contributed by atoms with E-state index in [0.29, 0.717) is 0 Å². The third-order valence-corrected chi connectivity index (χ3v) is 3.03. The van der Waals surface area contributed by atoms with Gasteiger partial charge < -0.3 is 9.13 Å². The fraction of sp³-hybridized carbons (Fsp3) is 0.214. The molecule has 0 unspecified atom stereocenters. The molecule has 19 heavy (non-hydrogen) atoms. The van der Waals surface area contributed by atoms with Crippen molar-refractivity contribution in [3.63, 3.8) is 0 Å². The minimum absolute atomic E-state index is 0.940. The van der Waals surface area contributed by atoms with Crippen molar-refractivity contribution in [2.45, 2.75) is 19.5 Å². The lowest BCUT2D eigenvalue weighted by Gasteiger charge is -2.08. The predicted molar refractivity (Wildman–Crippen MR) is 72.3 cm³/mol. The third kappa shape index (κ3) is 2.70. The van der Waals surface area contributed by atoms with E-state index in [4.69, 9.17) is 0 Å². The molecule has 0 fully saturated rings. The van der Waals surface area contributed by atoms with Crippen LogP contribution in [0.15, 0.2) is 55.6 Å². The molecule has 0 saturated carbocycles. The summed E-state index contributed by atoms with van der Waals surface area (Å²) in [5.74, 6) is 0.994. The summed E-state index contributed by atoms with van der Waals surface area (Å²) < 4.78 is 4.26. The van der Waals surface area contributed by atoms with Crippen molar-refractivity contribution in [3.05, 3.63) is 55.6 Å². The van der Waals surface area contributed by atoms with Gasteiger partial charge in [-0.1, -0.05) is 0 Å². The summed E-state index contributed by atoms with van der Waals surface area (Å²) in [6.45, 7) is 1.91. The molecule has 0 atom stereocenters. The van der Waals surface area contributed by atoms with Gasteiger partial charge in [-0.05, 0) is 18.6 Å². The van der Waals surface area contributed by atoms with Gasteiger partial charge in [-0.15, -0.1) is 0 Å². The van der Waals surface area contributed by atoms with Crippen LogP contribution in [0, 0.1) is 0 Å². The normalized spacial score (nSPS) is 10.7. The smallest absolute Gasteiger partial charge is 0.139 e. The van der Waals surface area contributed by atoms with E-state index in [2.05, 4.69) is 24.1 Å². The first kappa shape index (κ1) is 11.6. The third-order valence-electron chi connectivity index (χ3n) is 3.03. The van der Waals surface area contributed by atoms with Crippen LogP contribution in [0.2, 0.25) is 0 Å². The van der Waals surface area contributed by atoms with Gasteiger partial charge in [0.25, 0.3) is 0 Å². The topological polar surface area (TPSA) is 48.5 Å². The molecule has 3 rings (SSSR count). The van der Waals surface area contributed by atoms with E-state index >= 15 is 0 Å². The fourth-order valence-corrected chi connectivity index (χ4v) is 2.09. The van der Waals surface area contributed by atoms with Crippen LogP contribution in [0.4, 0.5) is 0 Å². The van der Waals surface area contributed by atoms with Crippen LogP contribution in [-0.4, -0.2) is 24.1 Å². The fourth-order valence-electron chi connectivity index (χ4n) is 2.09. The minimum atomic E-state index is 0.940. The van der Waals surface area contributed by atoms with Gasteiger partial charge in [0.05, 0.1) is 6.33 Å². The number of imidazole rings is 2. The second-order valence-corrected chi connectivity index (χ2v) is 4.33. The van der Waals surface area contributed by atoms with Crippen LogP contribution in [0.25, 0.3) is 11.4 Å². The Morgan fingerprint density at radius 3 is 2.58 bits per heavy atom. The summed E-state index contributed by atoms with van der Waals surface area (Å²) in [6.07, 6.45) is 14.1. The number of pyridine rings is 1. The van der Waals surface area contributed by atoms with E-state index in [1.807, 2.05) is 37.1 Å². The molecule has 3 aromatic heterocycles. The molecule has 0 saturated heterocycles. The van der Waals surface area contributed by atoms with E-state index in [1.54, 1.807) is 18.6 Å². The van der Waals surface area contributed by atoms with Gasteiger partial charge in [0.2, 0.25) is 0 Å². The van der Waals surface area contributed by atoms with Crippen molar-refractivity contribution >= 4 is 0 Å². The van der Waals surface area contributed by atoms with Crippen LogP contribution >= 0.6 is 0 Å². The molecule has 96 valence electrons. The zero-order chi connectivity index (χ0) is 12.9. The molecule has 3 aromatic rings. The highest BCUT2D eigenvalue weighted by Crippen LogP contribution is 2.16. The van der Waals surface area contributed by atoms with E-state index in [1.165, 1.54) is 0 Å². The number of rotatable bonds is 5. The predicted octanol–water partition coefficient (Wildman–Crippen LogP) is 2.23. The quantitative estimate of drug-likeness (QED) is 0.700. The summed E-state index contributed by atoms with van der Waals surface area (Å²) in [5, 5.41) is 0. The van der Waals surface area contributed by atoms with Crippen molar-refractivity contribution in [1.29, 1.82) is 0 Å². The Balaban J connectivity index is 1.67. The Bertz CT molecular complexity index is 612. The minimum Gasteiger partial charge on any atom is -0.337 e. The molecule has 5 heteroatoms. The van der Waals surface area contributed by atoms with Gasteiger partial charge in [0.15, 0.2) is 0 Å². The maximum atomic E-state index is 4.42. The highest BCUT2D eigenvalue weighted by molar-refractivity contribution is 5.54. The molecule has 0 radical (unpaired) electrons. The van der Waals surface area contributed by atoms with Crippen molar-refractivity contribution < 1.29 is 0 Å². The van der Waals surface area contributed by atoms with Gasteiger partial charge in [-0.3, -0.25) is 4.98 Å². The zero-order valence-electron chi connectivity index (χ0n) is 10.6. The standard InChI is InChI=1S/C14H15N5/c1(8-18-10-6-16-12-18)9-19-11-7-17-14(19)13-2-4-15-5-3-13/h2-7,10-12H,1,8-9H2. The first-order valence-electron chi connectivity index (χ1n) is 6.31. The highest BCUT2D eigenvalue weighted by Gasteiger charge is 2.04. The summed E-state index contributed by atoms with van der Waals surface area (Å²) in [7, 11) is 0. The van der Waals surface area contributed by atoms with Crippen molar-refractivity contribution in [1.82, 2.24) is 24.1 Å². The van der Waals surface area contributed by atoms with Crippen LogP contribution < -0.4 is 0 Å². The number of hydrogen-bond donors (Lipinski definition) is 0. The highest BCUT2D eigenvalue weighted by atomic mass is 15.1. The molecule has 0 spiro atoms. The van der Waals surface area contributed by atoms with Crippen LogP contribution in [0.5, 0.6) is 0 Å². The Morgan fingerprint density at radius 2 is 1.79 bits per heavy atom. The molecular weight excluding hydrogens is 238 g/mol. The van der Waals surface area contributed by atoms with E-state index in [9.17, 15) is 0 Å². The molecule has 0 N–H and O–H groups in total. The first-order chi connectivity index (χ1) is 9.43. The van der Waals surface area contributed by atoms with Crippen LogP contribution in [-0.2, 0) is 13.1 Å². The molecule has 5 nitrogen and oxygen atoms in total. The molecular formula is C14H15N5. The lowest BCUT2D eigenvalue weighted by Crippen LogP contribution is -2.03. The number of aromatic nitrogens is 5. The average molecular weight is 253 g/mol. The van der Waals surface area contributed by atoms with Gasteiger partial charge in [-0.2, -0.15) is 0 Å². The summed E-state index contributed by atoms with van der Waals surface area (Å²) in [4.78, 5) is 12.5. The zero-order valence-corrected chi connectivity index (χ0v) is 10.6. The summed E-state index contributed by atoms with van der Waals surface area (Å²) in [5.41, 5.74) is 1.10. The summed E-state index contributed by atoms with van der Waals surface area (Å²) in [6, 6.07) is 3.96. The maximum Gasteiger partial charge on any atom is 0.139 e. The van der Waals surface area contributed by atoms with Crippen molar-refractivity contribution in [2.24, 2.45) is 0 Å². The molecule has 0 aliphatic rings.